The predicted octanol–water partition coefficient (Wildman–Crippen LogP) is 3.09. The molecule has 1 aromatic rings. The molecule has 2 nitrogen and oxygen atoms in total. The highest BCUT2D eigenvalue weighted by molar-refractivity contribution is 7.11. The van der Waals surface area contributed by atoms with Gasteiger partial charge in [-0.25, -0.2) is 0 Å². The summed E-state index contributed by atoms with van der Waals surface area (Å²) in [6.45, 7) is 11.5. The zero-order valence-electron chi connectivity index (χ0n) is 11.2. The van der Waals surface area contributed by atoms with Gasteiger partial charge in [-0.1, -0.05) is 20.8 Å². The Labute approximate surface area is 109 Å². The van der Waals surface area contributed by atoms with Crippen molar-refractivity contribution in [2.24, 2.45) is 5.92 Å². The van der Waals surface area contributed by atoms with Gasteiger partial charge in [0.15, 0.2) is 0 Å². The van der Waals surface area contributed by atoms with E-state index in [2.05, 4.69) is 43.1 Å². The Morgan fingerprint density at radius 2 is 2.18 bits per heavy atom. The summed E-state index contributed by atoms with van der Waals surface area (Å²) in [4.78, 5) is 5.55. The second-order valence-corrected chi connectivity index (χ2v) is 6.79. The van der Waals surface area contributed by atoms with Crippen molar-refractivity contribution in [1.29, 1.82) is 0 Å². The standard InChI is InChI=1S/C14H24N2S/c1-11(2)15-8-13-4-5-14(17-13)10-16-7-6-12(3)9-16/h4-5,11-12,15H,6-10H2,1-3H3. The zero-order chi connectivity index (χ0) is 12.3. The average molecular weight is 252 g/mol. The number of rotatable bonds is 5. The molecular formula is C14H24N2S. The Kier molecular flexibility index (Phi) is 4.60. The molecule has 1 N–H and O–H groups in total. The van der Waals surface area contributed by atoms with Crippen LogP contribution in [-0.4, -0.2) is 24.0 Å². The van der Waals surface area contributed by atoms with Crippen molar-refractivity contribution in [1.82, 2.24) is 10.2 Å². The minimum atomic E-state index is 0.569. The third-order valence-electron chi connectivity index (χ3n) is 3.29. The van der Waals surface area contributed by atoms with Crippen LogP contribution in [0.1, 0.15) is 36.9 Å². The first kappa shape index (κ1) is 13.1. The van der Waals surface area contributed by atoms with E-state index in [-0.39, 0.29) is 0 Å². The van der Waals surface area contributed by atoms with Crippen LogP contribution in [0.2, 0.25) is 0 Å². The van der Waals surface area contributed by atoms with Gasteiger partial charge in [0.2, 0.25) is 0 Å². The molecule has 1 aliphatic heterocycles. The molecule has 1 aromatic heterocycles. The van der Waals surface area contributed by atoms with Crippen LogP contribution in [0, 0.1) is 5.92 Å². The lowest BCUT2D eigenvalue weighted by atomic mass is 10.2. The van der Waals surface area contributed by atoms with E-state index in [0.29, 0.717) is 6.04 Å². The van der Waals surface area contributed by atoms with E-state index in [1.807, 2.05) is 11.3 Å². The van der Waals surface area contributed by atoms with Crippen molar-refractivity contribution >= 4 is 11.3 Å². The highest BCUT2D eigenvalue weighted by Crippen LogP contribution is 2.22. The largest absolute Gasteiger partial charge is 0.310 e. The molecule has 1 atom stereocenters. The smallest absolute Gasteiger partial charge is 0.0328 e. The molecule has 0 bridgehead atoms. The lowest BCUT2D eigenvalue weighted by molar-refractivity contribution is 0.323. The minimum Gasteiger partial charge on any atom is -0.310 e. The highest BCUT2D eigenvalue weighted by atomic mass is 32.1. The summed E-state index contributed by atoms with van der Waals surface area (Å²) in [7, 11) is 0. The summed E-state index contributed by atoms with van der Waals surface area (Å²) in [5.41, 5.74) is 0. The molecule has 1 aliphatic rings. The summed E-state index contributed by atoms with van der Waals surface area (Å²) in [6.07, 6.45) is 1.37. The molecule has 2 rings (SSSR count). The molecule has 96 valence electrons. The van der Waals surface area contributed by atoms with E-state index in [1.54, 1.807) is 0 Å². The Hall–Kier alpha value is -0.380. The molecule has 1 unspecified atom stereocenters. The number of likely N-dealkylation sites (tertiary alicyclic amines) is 1. The molecular weight excluding hydrogens is 228 g/mol. The molecule has 1 saturated heterocycles. The molecule has 2 heterocycles. The van der Waals surface area contributed by atoms with E-state index >= 15 is 0 Å². The highest BCUT2D eigenvalue weighted by Gasteiger charge is 2.18. The van der Waals surface area contributed by atoms with Crippen LogP contribution in [0.3, 0.4) is 0 Å². The van der Waals surface area contributed by atoms with Crippen LogP contribution < -0.4 is 5.32 Å². The van der Waals surface area contributed by atoms with E-state index < -0.39 is 0 Å². The summed E-state index contributed by atoms with van der Waals surface area (Å²) in [5.74, 6) is 0.886. The Morgan fingerprint density at radius 3 is 2.82 bits per heavy atom. The van der Waals surface area contributed by atoms with Gasteiger partial charge in [0.25, 0.3) is 0 Å². The number of hydrogen-bond acceptors (Lipinski definition) is 3. The topological polar surface area (TPSA) is 15.3 Å². The van der Waals surface area contributed by atoms with Crippen LogP contribution in [0.15, 0.2) is 12.1 Å². The van der Waals surface area contributed by atoms with Crippen molar-refractivity contribution in [3.63, 3.8) is 0 Å². The van der Waals surface area contributed by atoms with E-state index in [1.165, 1.54) is 29.3 Å². The lowest BCUT2D eigenvalue weighted by Crippen LogP contribution is -2.21. The van der Waals surface area contributed by atoms with E-state index in [0.717, 1.165) is 19.0 Å². The van der Waals surface area contributed by atoms with Crippen molar-refractivity contribution in [3.05, 3.63) is 21.9 Å². The van der Waals surface area contributed by atoms with Gasteiger partial charge in [-0.2, -0.15) is 0 Å². The lowest BCUT2D eigenvalue weighted by Gasteiger charge is -2.13. The first-order chi connectivity index (χ1) is 8.13. The van der Waals surface area contributed by atoms with Gasteiger partial charge in [0, 0.05) is 35.4 Å². The summed E-state index contributed by atoms with van der Waals surface area (Å²) >= 11 is 1.96. The van der Waals surface area contributed by atoms with Gasteiger partial charge in [-0.3, -0.25) is 4.90 Å². The third-order valence-corrected chi connectivity index (χ3v) is 4.36. The molecule has 0 amide bonds. The molecule has 1 fully saturated rings. The van der Waals surface area contributed by atoms with Gasteiger partial charge in [-0.15, -0.1) is 11.3 Å². The molecule has 0 aromatic carbocycles. The number of hydrogen-bond donors (Lipinski definition) is 1. The molecule has 17 heavy (non-hydrogen) atoms. The zero-order valence-corrected chi connectivity index (χ0v) is 12.0. The molecule has 3 heteroatoms. The van der Waals surface area contributed by atoms with Crippen molar-refractivity contribution in [2.45, 2.75) is 46.3 Å². The van der Waals surface area contributed by atoms with Gasteiger partial charge < -0.3 is 5.32 Å². The summed E-state index contributed by atoms with van der Waals surface area (Å²) in [5, 5.41) is 3.47. The third kappa shape index (κ3) is 4.09. The summed E-state index contributed by atoms with van der Waals surface area (Å²) in [6, 6.07) is 5.14. The normalized spacial score (nSPS) is 21.5. The van der Waals surface area contributed by atoms with Gasteiger partial charge in [-0.05, 0) is 31.0 Å². The summed E-state index contributed by atoms with van der Waals surface area (Å²) < 4.78 is 0. The van der Waals surface area contributed by atoms with Gasteiger partial charge in [0.05, 0.1) is 0 Å². The van der Waals surface area contributed by atoms with Crippen LogP contribution in [0.5, 0.6) is 0 Å². The average Bonchev–Trinajstić information content (AvgIpc) is 2.86. The Bertz CT molecular complexity index is 346. The fraction of sp³-hybridized carbons (Fsp3) is 0.714. The molecule has 0 radical (unpaired) electrons. The first-order valence-corrected chi connectivity index (χ1v) is 7.48. The van der Waals surface area contributed by atoms with Crippen LogP contribution in [0.4, 0.5) is 0 Å². The van der Waals surface area contributed by atoms with Gasteiger partial charge in [0.1, 0.15) is 0 Å². The van der Waals surface area contributed by atoms with Gasteiger partial charge >= 0.3 is 0 Å². The fourth-order valence-electron chi connectivity index (χ4n) is 2.30. The monoisotopic (exact) mass is 252 g/mol. The second-order valence-electron chi connectivity index (χ2n) is 5.53. The first-order valence-electron chi connectivity index (χ1n) is 6.67. The molecule has 0 spiro atoms. The van der Waals surface area contributed by atoms with E-state index in [9.17, 15) is 0 Å². The predicted molar refractivity (Wildman–Crippen MR) is 75.4 cm³/mol. The Morgan fingerprint density at radius 1 is 1.41 bits per heavy atom. The Balaban J connectivity index is 1.81. The van der Waals surface area contributed by atoms with Crippen LogP contribution in [-0.2, 0) is 13.1 Å². The molecule has 0 aliphatic carbocycles. The van der Waals surface area contributed by atoms with Crippen molar-refractivity contribution in [2.75, 3.05) is 13.1 Å². The number of nitrogens with one attached hydrogen (secondary N) is 1. The SMILES string of the molecule is CC1CCN(Cc2ccc(CNC(C)C)s2)C1. The maximum Gasteiger partial charge on any atom is 0.0328 e. The maximum atomic E-state index is 3.47. The fourth-order valence-corrected chi connectivity index (χ4v) is 3.31. The minimum absolute atomic E-state index is 0.569. The maximum absolute atomic E-state index is 3.47. The van der Waals surface area contributed by atoms with E-state index in [4.69, 9.17) is 0 Å². The number of thiophene rings is 1. The van der Waals surface area contributed by atoms with Crippen molar-refractivity contribution in [3.8, 4) is 0 Å². The van der Waals surface area contributed by atoms with Crippen LogP contribution in [0.25, 0.3) is 0 Å². The molecule has 0 saturated carbocycles. The second kappa shape index (κ2) is 5.98. The van der Waals surface area contributed by atoms with Crippen LogP contribution >= 0.6 is 11.3 Å². The number of nitrogens with zero attached hydrogens (tertiary/aromatic N) is 1. The van der Waals surface area contributed by atoms with Crippen molar-refractivity contribution < 1.29 is 0 Å². The quantitative estimate of drug-likeness (QED) is 0.866.